The van der Waals surface area contributed by atoms with Gasteiger partial charge >= 0.3 is 0 Å². The van der Waals surface area contributed by atoms with E-state index in [9.17, 15) is 14.4 Å². The van der Waals surface area contributed by atoms with Gasteiger partial charge in [-0.05, 0) is 62.2 Å². The molecule has 2 aromatic carbocycles. The summed E-state index contributed by atoms with van der Waals surface area (Å²) in [4.78, 5) is 44.2. The molecule has 4 rings (SSSR count). The van der Waals surface area contributed by atoms with Crippen molar-refractivity contribution in [3.63, 3.8) is 0 Å². The fourth-order valence-corrected chi connectivity index (χ4v) is 5.01. The topological polar surface area (TPSA) is 81.1 Å². The van der Waals surface area contributed by atoms with E-state index in [2.05, 4.69) is 33.2 Å². The van der Waals surface area contributed by atoms with Crippen LogP contribution in [0.25, 0.3) is 21.3 Å². The number of thiophene rings is 1. The zero-order valence-electron chi connectivity index (χ0n) is 18.4. The molecule has 1 atom stereocenters. The van der Waals surface area contributed by atoms with Crippen LogP contribution < -0.4 is 10.9 Å². The summed E-state index contributed by atoms with van der Waals surface area (Å²) in [7, 11) is 0. The van der Waals surface area contributed by atoms with Gasteiger partial charge < -0.3 is 5.32 Å². The highest BCUT2D eigenvalue weighted by Crippen LogP contribution is 2.37. The first-order valence-corrected chi connectivity index (χ1v) is 12.1. The highest BCUT2D eigenvalue weighted by atomic mass is 79.9. The van der Waals surface area contributed by atoms with Gasteiger partial charge in [0, 0.05) is 26.2 Å². The van der Waals surface area contributed by atoms with Crippen LogP contribution >= 0.6 is 27.3 Å². The first-order valence-electron chi connectivity index (χ1n) is 10.5. The molecule has 0 spiro atoms. The second-order valence-corrected chi connectivity index (χ2v) is 9.70. The Morgan fingerprint density at radius 2 is 1.79 bits per heavy atom. The van der Waals surface area contributed by atoms with Gasteiger partial charge in [-0.1, -0.05) is 35.0 Å². The maximum Gasteiger partial charge on any atom is 0.263 e. The summed E-state index contributed by atoms with van der Waals surface area (Å²) in [6, 6.07) is 13.7. The predicted octanol–water partition coefficient (Wildman–Crippen LogP) is 5.85. The number of hydrogen-bond acceptors (Lipinski definition) is 5. The van der Waals surface area contributed by atoms with Crippen LogP contribution in [-0.2, 0) is 11.2 Å². The SMILES string of the molecule is CCc1sc2ncn(C(C)C(=O)Nc3ccc(C(C)=O)cc3)c(=O)c2c1-c1ccc(Br)cc1. The van der Waals surface area contributed by atoms with E-state index in [4.69, 9.17) is 0 Å². The molecule has 8 heteroatoms. The molecular weight excluding hydrogens is 502 g/mol. The van der Waals surface area contributed by atoms with Crippen LogP contribution in [0.4, 0.5) is 5.69 Å². The highest BCUT2D eigenvalue weighted by Gasteiger charge is 2.22. The van der Waals surface area contributed by atoms with Crippen molar-refractivity contribution in [1.82, 2.24) is 9.55 Å². The Morgan fingerprint density at radius 3 is 2.39 bits per heavy atom. The number of hydrogen-bond donors (Lipinski definition) is 1. The zero-order chi connectivity index (χ0) is 23.7. The molecule has 0 radical (unpaired) electrons. The van der Waals surface area contributed by atoms with E-state index in [1.807, 2.05) is 24.3 Å². The van der Waals surface area contributed by atoms with Crippen molar-refractivity contribution in [3.05, 3.63) is 80.1 Å². The molecule has 168 valence electrons. The number of nitrogens with zero attached hydrogens (tertiary/aromatic N) is 2. The van der Waals surface area contributed by atoms with Crippen LogP contribution in [0.1, 0.15) is 42.0 Å². The number of aromatic nitrogens is 2. The van der Waals surface area contributed by atoms with Gasteiger partial charge in [-0.15, -0.1) is 11.3 Å². The summed E-state index contributed by atoms with van der Waals surface area (Å²) in [5, 5.41) is 3.34. The largest absolute Gasteiger partial charge is 0.324 e. The fourth-order valence-electron chi connectivity index (χ4n) is 3.66. The normalized spacial score (nSPS) is 12.0. The maximum absolute atomic E-state index is 13.5. The lowest BCUT2D eigenvalue weighted by Gasteiger charge is -2.15. The number of rotatable bonds is 6. The highest BCUT2D eigenvalue weighted by molar-refractivity contribution is 9.10. The number of anilines is 1. The number of benzene rings is 2. The van der Waals surface area contributed by atoms with E-state index in [0.717, 1.165) is 26.9 Å². The number of carbonyl (C=O) groups is 2. The number of halogens is 1. The van der Waals surface area contributed by atoms with Crippen LogP contribution in [0.3, 0.4) is 0 Å². The molecule has 0 aliphatic heterocycles. The average Bonchev–Trinajstić information content (AvgIpc) is 3.19. The lowest BCUT2D eigenvalue weighted by Crippen LogP contribution is -2.31. The Balaban J connectivity index is 1.72. The molecular formula is C25H22BrN3O3S. The van der Waals surface area contributed by atoms with Crippen molar-refractivity contribution in [2.45, 2.75) is 33.2 Å². The number of aryl methyl sites for hydroxylation is 1. The summed E-state index contributed by atoms with van der Waals surface area (Å²) in [6.07, 6.45) is 2.22. The predicted molar refractivity (Wildman–Crippen MR) is 136 cm³/mol. The van der Waals surface area contributed by atoms with Gasteiger partial charge in [-0.25, -0.2) is 4.98 Å². The van der Waals surface area contributed by atoms with E-state index in [1.165, 1.54) is 29.2 Å². The smallest absolute Gasteiger partial charge is 0.263 e. The molecule has 1 amide bonds. The number of fused-ring (bicyclic) bond motifs is 1. The van der Waals surface area contributed by atoms with Gasteiger partial charge in [0.1, 0.15) is 10.9 Å². The van der Waals surface area contributed by atoms with Crippen molar-refractivity contribution in [2.24, 2.45) is 0 Å². The molecule has 0 aliphatic rings. The number of carbonyl (C=O) groups excluding carboxylic acids is 2. The van der Waals surface area contributed by atoms with E-state index >= 15 is 0 Å². The summed E-state index contributed by atoms with van der Waals surface area (Å²) in [5.74, 6) is -0.388. The lowest BCUT2D eigenvalue weighted by atomic mass is 10.0. The third-order valence-electron chi connectivity index (χ3n) is 5.52. The molecule has 33 heavy (non-hydrogen) atoms. The quantitative estimate of drug-likeness (QED) is 0.321. The summed E-state index contributed by atoms with van der Waals surface area (Å²) in [5.41, 5.74) is 2.70. The van der Waals surface area contributed by atoms with Crippen LogP contribution in [0.2, 0.25) is 0 Å². The minimum Gasteiger partial charge on any atom is -0.324 e. The van der Waals surface area contributed by atoms with Crippen molar-refractivity contribution in [1.29, 1.82) is 0 Å². The molecule has 2 heterocycles. The van der Waals surface area contributed by atoms with Crippen LogP contribution in [-0.4, -0.2) is 21.2 Å². The van der Waals surface area contributed by atoms with Gasteiger partial charge in [-0.2, -0.15) is 0 Å². The van der Waals surface area contributed by atoms with E-state index in [-0.39, 0.29) is 17.2 Å². The standard InChI is InChI=1S/C25H22BrN3O3S/c1-4-20-21(17-5-9-18(26)10-6-17)22-24(33-20)27-13-29(25(22)32)14(2)23(31)28-19-11-7-16(8-12-19)15(3)30/h5-14H,4H2,1-3H3,(H,28,31). The summed E-state index contributed by atoms with van der Waals surface area (Å²) in [6.45, 7) is 5.21. The second-order valence-electron chi connectivity index (χ2n) is 7.70. The van der Waals surface area contributed by atoms with E-state index in [0.29, 0.717) is 21.5 Å². The third-order valence-corrected chi connectivity index (χ3v) is 7.29. The molecule has 2 aromatic heterocycles. The first kappa shape index (κ1) is 23.1. The van der Waals surface area contributed by atoms with Crippen LogP contribution in [0, 0.1) is 0 Å². The van der Waals surface area contributed by atoms with Crippen molar-refractivity contribution in [2.75, 3.05) is 5.32 Å². The number of nitrogens with one attached hydrogen (secondary N) is 1. The Hall–Kier alpha value is -3.10. The molecule has 0 bridgehead atoms. The minimum absolute atomic E-state index is 0.0454. The lowest BCUT2D eigenvalue weighted by molar-refractivity contribution is -0.118. The Bertz CT molecular complexity index is 1410. The molecule has 6 nitrogen and oxygen atoms in total. The Kier molecular flexibility index (Phi) is 6.58. The maximum atomic E-state index is 13.5. The number of ketones is 1. The van der Waals surface area contributed by atoms with Crippen molar-refractivity contribution < 1.29 is 9.59 Å². The first-order chi connectivity index (χ1) is 15.8. The third kappa shape index (κ3) is 4.54. The monoisotopic (exact) mass is 523 g/mol. The van der Waals surface area contributed by atoms with Crippen LogP contribution in [0.15, 0.2) is 64.1 Å². The van der Waals surface area contributed by atoms with Gasteiger partial charge in [0.05, 0.1) is 11.7 Å². The van der Waals surface area contributed by atoms with Gasteiger partial charge in [0.15, 0.2) is 5.78 Å². The zero-order valence-corrected chi connectivity index (χ0v) is 20.8. The van der Waals surface area contributed by atoms with E-state index < -0.39 is 6.04 Å². The molecule has 0 aliphatic carbocycles. The summed E-state index contributed by atoms with van der Waals surface area (Å²) < 4.78 is 2.33. The van der Waals surface area contributed by atoms with Gasteiger partial charge in [0.2, 0.25) is 5.91 Å². The molecule has 1 N–H and O–H groups in total. The van der Waals surface area contributed by atoms with Crippen LogP contribution in [0.5, 0.6) is 0 Å². The molecule has 0 saturated heterocycles. The molecule has 4 aromatic rings. The van der Waals surface area contributed by atoms with Crippen molar-refractivity contribution >= 4 is 54.9 Å². The van der Waals surface area contributed by atoms with Crippen molar-refractivity contribution in [3.8, 4) is 11.1 Å². The summed E-state index contributed by atoms with van der Waals surface area (Å²) >= 11 is 4.96. The molecule has 0 saturated carbocycles. The Morgan fingerprint density at radius 1 is 1.12 bits per heavy atom. The molecule has 0 fully saturated rings. The fraction of sp³-hybridized carbons (Fsp3) is 0.200. The average molecular weight is 524 g/mol. The second kappa shape index (κ2) is 9.41. The number of amides is 1. The molecule has 1 unspecified atom stereocenters. The van der Waals surface area contributed by atoms with E-state index in [1.54, 1.807) is 31.2 Å². The Labute approximate surface area is 203 Å². The van der Waals surface area contributed by atoms with Gasteiger partial charge in [0.25, 0.3) is 5.56 Å². The minimum atomic E-state index is -0.773. The number of Topliss-reactive ketones (excluding diaryl/α,β-unsaturated/α-hetero) is 1. The van der Waals surface area contributed by atoms with Gasteiger partial charge in [-0.3, -0.25) is 19.0 Å².